The summed E-state index contributed by atoms with van der Waals surface area (Å²) in [6, 6.07) is 8.85. The molecule has 0 spiro atoms. The fourth-order valence-electron chi connectivity index (χ4n) is 3.41. The Balaban J connectivity index is 1.90. The molecule has 9 nitrogen and oxygen atoms in total. The maximum absolute atomic E-state index is 12.2. The van der Waals surface area contributed by atoms with Crippen LogP contribution in [-0.4, -0.2) is 52.9 Å². The third-order valence-corrected chi connectivity index (χ3v) is 5.60. The molecule has 0 saturated carbocycles. The second-order valence-corrected chi connectivity index (χ2v) is 9.60. The van der Waals surface area contributed by atoms with Crippen molar-refractivity contribution in [1.82, 2.24) is 10.2 Å². The molecule has 3 N–H and O–H groups in total. The van der Waals surface area contributed by atoms with E-state index in [2.05, 4.69) is 45.2 Å². The van der Waals surface area contributed by atoms with Crippen LogP contribution in [0.4, 0.5) is 5.69 Å². The number of rotatable bonds is 4. The number of aliphatic imine (C=N–C) groups is 1. The van der Waals surface area contributed by atoms with Crippen LogP contribution in [0.3, 0.4) is 0 Å². The summed E-state index contributed by atoms with van der Waals surface area (Å²) in [6.45, 7) is 8.10. The summed E-state index contributed by atoms with van der Waals surface area (Å²) in [5.74, 6) is 2.78. The van der Waals surface area contributed by atoms with Crippen molar-refractivity contribution in [1.29, 1.82) is 0 Å². The lowest BCUT2D eigenvalue weighted by molar-refractivity contribution is 0.261. The van der Waals surface area contributed by atoms with Gasteiger partial charge in [0, 0.05) is 21.1 Å². The molecule has 2 aromatic rings. The van der Waals surface area contributed by atoms with E-state index in [1.807, 2.05) is 38.1 Å². The van der Waals surface area contributed by atoms with Crippen LogP contribution in [0.25, 0.3) is 0 Å². The Hall–Kier alpha value is -3.14. The van der Waals surface area contributed by atoms with Crippen molar-refractivity contribution in [3.8, 4) is 5.75 Å². The van der Waals surface area contributed by atoms with Gasteiger partial charge in [0.2, 0.25) is 0 Å². The van der Waals surface area contributed by atoms with Crippen LogP contribution in [0.1, 0.15) is 43.9 Å². The van der Waals surface area contributed by atoms with Gasteiger partial charge < -0.3 is 25.1 Å². The Labute approximate surface area is 191 Å². The molecule has 0 amide bonds. The zero-order valence-electron chi connectivity index (χ0n) is 19.4. The number of anilines is 1. The minimum Gasteiger partial charge on any atom is -0.505 e. The number of aryl methyl sites for hydroxylation is 1. The van der Waals surface area contributed by atoms with Crippen LogP contribution < -0.4 is 10.6 Å². The predicted molar refractivity (Wildman–Crippen MR) is 130 cm³/mol. The minimum absolute atomic E-state index is 0.00978. The number of hydrogen-bond donors (Lipinski definition) is 3. The Kier molecular flexibility index (Phi) is 6.73. The molecule has 10 heteroatoms. The first-order chi connectivity index (χ1) is 15.0. The van der Waals surface area contributed by atoms with Crippen LogP contribution in [0.15, 0.2) is 48.5 Å². The fraction of sp³-hybridized carbons (Fsp3) is 0.409. The fourth-order valence-corrected chi connectivity index (χ4v) is 4.04. The maximum Gasteiger partial charge on any atom is 0.269 e. The summed E-state index contributed by atoms with van der Waals surface area (Å²) in [6.07, 6.45) is 0. The number of phenols is 1. The molecule has 1 unspecified atom stereocenters. The predicted octanol–water partition coefficient (Wildman–Crippen LogP) is 3.41. The zero-order chi connectivity index (χ0) is 23.6. The molecule has 1 aliphatic heterocycles. The summed E-state index contributed by atoms with van der Waals surface area (Å²) < 4.78 is 26.3. The van der Waals surface area contributed by atoms with E-state index in [0.29, 0.717) is 22.9 Å². The first kappa shape index (κ1) is 23.5. The highest BCUT2D eigenvalue weighted by molar-refractivity contribution is 7.83. The Morgan fingerprint density at radius 2 is 1.88 bits per heavy atom. The number of benzene rings is 1. The van der Waals surface area contributed by atoms with E-state index in [0.717, 1.165) is 11.5 Å². The third-order valence-electron chi connectivity index (χ3n) is 4.92. The van der Waals surface area contributed by atoms with E-state index < -0.39 is 11.2 Å². The standard InChI is InChI=1S/C22H30N6O3S/c1-13-11-12-16(31-13)18(22(2,3)4)25-20-19(26-32(30)27-20)24-15-10-8-9-14(17(15)29)21(23-5)28(6)7/h8-12,18,29H,1-7H3,(H,24,26)(H,25,27)/t18-,32?/m0/s1. The number of aromatic hydroxyl groups is 1. The molecule has 0 saturated heterocycles. The summed E-state index contributed by atoms with van der Waals surface area (Å²) in [5.41, 5.74) is 0.730. The molecule has 2 heterocycles. The Morgan fingerprint density at radius 3 is 2.44 bits per heavy atom. The van der Waals surface area contributed by atoms with Gasteiger partial charge in [-0.25, -0.2) is 4.21 Å². The molecule has 0 bridgehead atoms. The second-order valence-electron chi connectivity index (χ2n) is 8.77. The Bertz CT molecular complexity index is 1110. The number of phenolic OH excluding ortho intramolecular Hbond substituents is 1. The van der Waals surface area contributed by atoms with E-state index in [1.54, 1.807) is 25.2 Å². The van der Waals surface area contributed by atoms with Gasteiger partial charge in [0.15, 0.2) is 11.7 Å². The molecular weight excluding hydrogens is 428 g/mol. The van der Waals surface area contributed by atoms with Gasteiger partial charge in [-0.3, -0.25) is 4.99 Å². The van der Waals surface area contributed by atoms with Crippen molar-refractivity contribution < 1.29 is 13.7 Å². The number of nitrogens with zero attached hydrogens (tertiary/aromatic N) is 4. The van der Waals surface area contributed by atoms with Crippen molar-refractivity contribution >= 4 is 34.4 Å². The van der Waals surface area contributed by atoms with Crippen molar-refractivity contribution in [3.05, 3.63) is 47.4 Å². The quantitative estimate of drug-likeness (QED) is 0.367. The van der Waals surface area contributed by atoms with E-state index in [4.69, 9.17) is 4.42 Å². The summed E-state index contributed by atoms with van der Waals surface area (Å²) >= 11 is -1.77. The first-order valence-corrected chi connectivity index (χ1v) is 11.2. The van der Waals surface area contributed by atoms with Gasteiger partial charge in [-0.1, -0.05) is 26.8 Å². The second kappa shape index (κ2) is 9.15. The lowest BCUT2D eigenvalue weighted by Crippen LogP contribution is -2.41. The molecule has 1 aliphatic rings. The number of nitrogens with one attached hydrogen (secondary N) is 2. The van der Waals surface area contributed by atoms with Gasteiger partial charge in [0.05, 0.1) is 17.3 Å². The highest BCUT2D eigenvalue weighted by atomic mass is 32.2. The SMILES string of the molecule is CN=C(c1cccc(NC2=NS(=O)N=C2N[C@@H](c2ccc(C)o2)C(C)(C)C)c1O)N(C)C. The Morgan fingerprint density at radius 1 is 1.19 bits per heavy atom. The largest absolute Gasteiger partial charge is 0.505 e. The molecule has 172 valence electrons. The summed E-state index contributed by atoms with van der Waals surface area (Å²) in [7, 11) is 5.37. The van der Waals surface area contributed by atoms with E-state index in [1.165, 1.54) is 0 Å². The van der Waals surface area contributed by atoms with Crippen LogP contribution in [0.2, 0.25) is 0 Å². The molecule has 32 heavy (non-hydrogen) atoms. The molecule has 1 aromatic carbocycles. The topological polar surface area (TPSA) is 115 Å². The highest BCUT2D eigenvalue weighted by Crippen LogP contribution is 2.34. The maximum atomic E-state index is 12.2. The average molecular weight is 459 g/mol. The van der Waals surface area contributed by atoms with Gasteiger partial charge in [0.1, 0.15) is 23.1 Å². The van der Waals surface area contributed by atoms with Crippen molar-refractivity contribution in [2.24, 2.45) is 19.2 Å². The molecule has 1 aromatic heterocycles. The first-order valence-electron chi connectivity index (χ1n) is 10.2. The normalized spacial score (nSPS) is 17.6. The number of hydrogen-bond acceptors (Lipinski definition) is 6. The molecule has 3 rings (SSSR count). The van der Waals surface area contributed by atoms with Crippen molar-refractivity contribution in [3.63, 3.8) is 0 Å². The average Bonchev–Trinajstić information content (AvgIpc) is 3.27. The van der Waals surface area contributed by atoms with Gasteiger partial charge in [-0.15, -0.1) is 8.80 Å². The number of amidine groups is 3. The van der Waals surface area contributed by atoms with Crippen LogP contribution >= 0.6 is 0 Å². The minimum atomic E-state index is -1.77. The molecule has 2 atom stereocenters. The summed E-state index contributed by atoms with van der Waals surface area (Å²) in [5, 5.41) is 17.3. The number of furan rings is 1. The van der Waals surface area contributed by atoms with Crippen LogP contribution in [0.5, 0.6) is 5.75 Å². The van der Waals surface area contributed by atoms with Gasteiger partial charge in [-0.05, 0) is 36.6 Å². The van der Waals surface area contributed by atoms with Gasteiger partial charge in [0.25, 0.3) is 11.2 Å². The lowest BCUT2D eigenvalue weighted by Gasteiger charge is -2.30. The van der Waals surface area contributed by atoms with Crippen LogP contribution in [0, 0.1) is 12.3 Å². The molecule has 0 radical (unpaired) electrons. The van der Waals surface area contributed by atoms with Crippen LogP contribution in [-0.2, 0) is 11.2 Å². The number of para-hydroxylation sites is 1. The third kappa shape index (κ3) is 5.01. The smallest absolute Gasteiger partial charge is 0.269 e. The van der Waals surface area contributed by atoms with Gasteiger partial charge in [-0.2, -0.15) is 0 Å². The summed E-state index contributed by atoms with van der Waals surface area (Å²) in [4.78, 5) is 6.06. The van der Waals surface area contributed by atoms with E-state index >= 15 is 0 Å². The molecule has 0 aliphatic carbocycles. The van der Waals surface area contributed by atoms with E-state index in [9.17, 15) is 9.32 Å². The monoisotopic (exact) mass is 458 g/mol. The zero-order valence-corrected chi connectivity index (χ0v) is 20.2. The van der Waals surface area contributed by atoms with E-state index in [-0.39, 0.29) is 23.0 Å². The van der Waals surface area contributed by atoms with Crippen molar-refractivity contribution in [2.45, 2.75) is 33.7 Å². The molecular formula is C22H30N6O3S. The van der Waals surface area contributed by atoms with Gasteiger partial charge >= 0.3 is 0 Å². The lowest BCUT2D eigenvalue weighted by atomic mass is 9.85. The highest BCUT2D eigenvalue weighted by Gasteiger charge is 2.33. The molecule has 0 fully saturated rings. The van der Waals surface area contributed by atoms with Crippen molar-refractivity contribution in [2.75, 3.05) is 26.5 Å².